The maximum Gasteiger partial charge on any atom is 0.268 e. The van der Waals surface area contributed by atoms with Gasteiger partial charge in [-0.2, -0.15) is 0 Å². The Balaban J connectivity index is 1.90. The molecule has 2 aromatic heterocycles. The number of aromatic amines is 2. The number of halogens is 2. The monoisotopic (exact) mass is 411 g/mol. The lowest BCUT2D eigenvalue weighted by Gasteiger charge is -1.97. The maximum absolute atomic E-state index is 11.8. The van der Waals surface area contributed by atoms with Gasteiger partial charge in [-0.15, -0.1) is 0 Å². The molecule has 0 saturated heterocycles. The average Bonchev–Trinajstić information content (AvgIpc) is 3.03. The van der Waals surface area contributed by atoms with Gasteiger partial charge in [0.25, 0.3) is 5.91 Å². The molecule has 0 spiro atoms. The van der Waals surface area contributed by atoms with E-state index >= 15 is 0 Å². The number of hydrogen-bond donors (Lipinski definition) is 3. The van der Waals surface area contributed by atoms with Crippen molar-refractivity contribution in [3.8, 4) is 11.8 Å². The van der Waals surface area contributed by atoms with Gasteiger partial charge in [0.2, 0.25) is 0 Å². The number of nitrogens with one attached hydrogen (secondary N) is 3. The lowest BCUT2D eigenvalue weighted by atomic mass is 10.4. The van der Waals surface area contributed by atoms with E-state index in [2.05, 4.69) is 74.0 Å². The Bertz CT molecular complexity index is 757. The number of H-pyrrole nitrogens is 2. The van der Waals surface area contributed by atoms with Crippen LogP contribution in [0.2, 0.25) is 0 Å². The van der Waals surface area contributed by atoms with E-state index in [9.17, 15) is 4.79 Å². The zero-order chi connectivity index (χ0) is 15.2. The Morgan fingerprint density at radius 1 is 1.52 bits per heavy atom. The van der Waals surface area contributed by atoms with Crippen molar-refractivity contribution in [1.82, 2.24) is 20.3 Å². The molecule has 0 saturated carbocycles. The number of azide groups is 1. The smallest absolute Gasteiger partial charge is 0.268 e. The fourth-order valence-electron chi connectivity index (χ4n) is 1.35. The lowest BCUT2D eigenvalue weighted by Crippen LogP contribution is -2.23. The van der Waals surface area contributed by atoms with Crippen LogP contribution in [0.1, 0.15) is 16.2 Å². The van der Waals surface area contributed by atoms with Gasteiger partial charge in [0.15, 0.2) is 5.95 Å². The highest BCUT2D eigenvalue weighted by Crippen LogP contribution is 2.22. The molecule has 0 aliphatic carbocycles. The first-order chi connectivity index (χ1) is 10.1. The second-order valence-corrected chi connectivity index (χ2v) is 5.29. The van der Waals surface area contributed by atoms with Gasteiger partial charge in [-0.25, -0.2) is 4.98 Å². The average molecular weight is 413 g/mol. The van der Waals surface area contributed by atoms with E-state index in [0.29, 0.717) is 16.0 Å². The van der Waals surface area contributed by atoms with Crippen molar-refractivity contribution >= 4 is 43.7 Å². The highest BCUT2D eigenvalue weighted by Gasteiger charge is 2.09. The first-order valence-electron chi connectivity index (χ1n) is 5.51. The summed E-state index contributed by atoms with van der Waals surface area (Å²) in [6, 6.07) is 1.66. The van der Waals surface area contributed by atoms with Crippen LogP contribution in [0.3, 0.4) is 0 Å². The van der Waals surface area contributed by atoms with Gasteiger partial charge in [0.1, 0.15) is 11.4 Å². The molecular weight excluding hydrogens is 406 g/mol. The third-order valence-electron chi connectivity index (χ3n) is 2.23. The van der Waals surface area contributed by atoms with Crippen LogP contribution in [0.5, 0.6) is 0 Å². The van der Waals surface area contributed by atoms with Crippen LogP contribution in [0.4, 0.5) is 5.95 Å². The Kier molecular flexibility index (Phi) is 5.05. The summed E-state index contributed by atoms with van der Waals surface area (Å²) in [5.41, 5.74) is 9.16. The lowest BCUT2D eigenvalue weighted by molar-refractivity contribution is 0.0954. The van der Waals surface area contributed by atoms with Gasteiger partial charge in [-0.3, -0.25) is 4.79 Å². The largest absolute Gasteiger partial charge is 0.344 e. The van der Waals surface area contributed by atoms with Crippen molar-refractivity contribution in [1.29, 1.82) is 0 Å². The van der Waals surface area contributed by atoms with Gasteiger partial charge in [0, 0.05) is 4.91 Å². The van der Waals surface area contributed by atoms with Crippen LogP contribution in [0.25, 0.3) is 10.4 Å². The molecule has 0 unspecified atom stereocenters. The molecule has 0 fully saturated rings. The second-order valence-electron chi connectivity index (χ2n) is 3.64. The molecule has 21 heavy (non-hydrogen) atoms. The summed E-state index contributed by atoms with van der Waals surface area (Å²) < 4.78 is 1.46. The van der Waals surface area contributed by atoms with E-state index in [0.717, 1.165) is 4.47 Å². The molecule has 2 aromatic rings. The van der Waals surface area contributed by atoms with Crippen LogP contribution in [0.15, 0.2) is 26.5 Å². The third kappa shape index (κ3) is 4.13. The molecule has 0 atom stereocenters. The first-order valence-corrected chi connectivity index (χ1v) is 7.10. The van der Waals surface area contributed by atoms with E-state index in [-0.39, 0.29) is 18.4 Å². The number of carbonyl (C=O) groups excluding carboxylic acids is 1. The normalized spacial score (nSPS) is 9.43. The maximum atomic E-state index is 11.8. The zero-order valence-corrected chi connectivity index (χ0v) is 13.5. The van der Waals surface area contributed by atoms with E-state index < -0.39 is 0 Å². The number of rotatable bonds is 3. The van der Waals surface area contributed by atoms with E-state index in [1.165, 1.54) is 6.20 Å². The topological polar surface area (TPSA) is 122 Å². The van der Waals surface area contributed by atoms with Crippen LogP contribution >= 0.6 is 31.9 Å². The van der Waals surface area contributed by atoms with Crippen LogP contribution in [-0.2, 0) is 0 Å². The summed E-state index contributed by atoms with van der Waals surface area (Å²) in [7, 11) is 0. The highest BCUT2D eigenvalue weighted by molar-refractivity contribution is 9.13. The van der Waals surface area contributed by atoms with Crippen LogP contribution in [0, 0.1) is 11.8 Å². The molecule has 0 bridgehead atoms. The predicted octanol–water partition coefficient (Wildman–Crippen LogP) is 2.99. The summed E-state index contributed by atoms with van der Waals surface area (Å²) in [5.74, 6) is 5.38. The van der Waals surface area contributed by atoms with Crippen molar-refractivity contribution < 1.29 is 4.79 Å². The van der Waals surface area contributed by atoms with Crippen molar-refractivity contribution in [3.63, 3.8) is 0 Å². The molecule has 1 amide bonds. The number of aromatic nitrogens is 3. The fourth-order valence-corrected chi connectivity index (χ4v) is 2.01. The minimum Gasteiger partial charge on any atom is -0.344 e. The van der Waals surface area contributed by atoms with E-state index in [1.54, 1.807) is 6.07 Å². The summed E-state index contributed by atoms with van der Waals surface area (Å²) in [4.78, 5) is 23.8. The molecule has 0 aromatic carbocycles. The molecule has 0 aliphatic heterocycles. The molecule has 0 aliphatic rings. The molecule has 2 rings (SSSR count). The summed E-state index contributed by atoms with van der Waals surface area (Å²) in [6.45, 7) is 0.170. The summed E-state index contributed by atoms with van der Waals surface area (Å²) in [6.07, 6.45) is 1.44. The SMILES string of the molecule is [N-]=[N+]=Nc1ncc(C#CCNC(=O)c2cc(Br)c(Br)[nH]2)[nH]1. The van der Waals surface area contributed by atoms with Gasteiger partial charge < -0.3 is 15.3 Å². The Labute approximate surface area is 135 Å². The Morgan fingerprint density at radius 3 is 3.00 bits per heavy atom. The number of nitrogens with zero attached hydrogens (tertiary/aromatic N) is 4. The van der Waals surface area contributed by atoms with Gasteiger partial charge in [-0.1, -0.05) is 5.92 Å². The molecule has 3 N–H and O–H groups in total. The van der Waals surface area contributed by atoms with Crippen LogP contribution < -0.4 is 5.32 Å². The van der Waals surface area contributed by atoms with Crippen molar-refractivity contribution in [2.24, 2.45) is 5.11 Å². The summed E-state index contributed by atoms with van der Waals surface area (Å²) >= 11 is 6.54. The molecule has 0 radical (unpaired) electrons. The van der Waals surface area contributed by atoms with Crippen molar-refractivity contribution in [2.45, 2.75) is 0 Å². The minimum atomic E-state index is -0.268. The van der Waals surface area contributed by atoms with Gasteiger partial charge in [0.05, 0.1) is 21.8 Å². The van der Waals surface area contributed by atoms with Crippen molar-refractivity contribution in [2.75, 3.05) is 6.54 Å². The Morgan fingerprint density at radius 2 is 2.33 bits per heavy atom. The Hall–Kier alpha value is -2.21. The molecule has 10 heteroatoms. The van der Waals surface area contributed by atoms with Gasteiger partial charge in [-0.05, 0) is 54.5 Å². The predicted molar refractivity (Wildman–Crippen MR) is 82.8 cm³/mol. The standard InChI is InChI=1S/C11H7Br2N7O/c12-7-4-8(18-9(7)13)10(21)15-3-1-2-6-5-16-11(17-6)19-20-14/h4-5,18H,3H2,(H,15,21)(H,16,17). The number of imidazole rings is 1. The number of carbonyl (C=O) groups is 1. The third-order valence-corrected chi connectivity index (χ3v) is 4.01. The van der Waals surface area contributed by atoms with E-state index in [1.807, 2.05) is 0 Å². The second kappa shape index (κ2) is 6.99. The zero-order valence-electron chi connectivity index (χ0n) is 10.3. The molecule has 2 heterocycles. The number of amides is 1. The van der Waals surface area contributed by atoms with Crippen LogP contribution in [-0.4, -0.2) is 27.4 Å². The summed E-state index contributed by atoms with van der Waals surface area (Å²) in [5, 5.41) is 5.94. The minimum absolute atomic E-state index is 0.145. The first kappa shape index (κ1) is 15.2. The molecular formula is C11H7Br2N7O. The van der Waals surface area contributed by atoms with Gasteiger partial charge >= 0.3 is 0 Å². The fraction of sp³-hybridized carbons (Fsp3) is 0.0909. The quantitative estimate of drug-likeness (QED) is 0.310. The van der Waals surface area contributed by atoms with Crippen molar-refractivity contribution in [3.05, 3.63) is 43.2 Å². The van der Waals surface area contributed by atoms with E-state index in [4.69, 9.17) is 5.53 Å². The highest BCUT2D eigenvalue weighted by atomic mass is 79.9. The molecule has 106 valence electrons. The molecule has 8 nitrogen and oxygen atoms in total. The number of hydrogen-bond acceptors (Lipinski definition) is 3.